The normalized spacial score (nSPS) is 21.2. The highest BCUT2D eigenvalue weighted by atomic mass is 127. The Bertz CT molecular complexity index is 819. The maximum Gasteiger partial charge on any atom is 0.216 e. The SMILES string of the molecule is Cc1nnc(CN=C(NC2CCCCC2)N2CCC(S(=O)(=O)NC(C)C)C2)n1C.I. The van der Waals surface area contributed by atoms with Crippen LogP contribution < -0.4 is 10.0 Å². The number of nitrogens with zero attached hydrogens (tertiary/aromatic N) is 5. The molecule has 11 heteroatoms. The lowest BCUT2D eigenvalue weighted by atomic mass is 9.96. The van der Waals surface area contributed by atoms with E-state index in [4.69, 9.17) is 4.99 Å². The van der Waals surface area contributed by atoms with Gasteiger partial charge in [0.15, 0.2) is 11.8 Å². The summed E-state index contributed by atoms with van der Waals surface area (Å²) in [6.45, 7) is 7.18. The van der Waals surface area contributed by atoms with Crippen molar-refractivity contribution in [3.63, 3.8) is 0 Å². The molecule has 2 N–H and O–H groups in total. The molecule has 2 heterocycles. The van der Waals surface area contributed by atoms with Crippen LogP contribution in [-0.4, -0.2) is 64.5 Å². The molecule has 2 aliphatic rings. The average molecular weight is 554 g/mol. The molecule has 9 nitrogen and oxygen atoms in total. The first kappa shape index (κ1) is 25.3. The van der Waals surface area contributed by atoms with E-state index in [1.807, 2.05) is 32.4 Å². The van der Waals surface area contributed by atoms with E-state index in [1.54, 1.807) is 0 Å². The van der Waals surface area contributed by atoms with Crippen LogP contribution >= 0.6 is 24.0 Å². The number of aliphatic imine (C=N–C) groups is 1. The van der Waals surface area contributed by atoms with Gasteiger partial charge in [-0.1, -0.05) is 19.3 Å². The fraction of sp³-hybridized carbons (Fsp3) is 0.842. The first-order valence-corrected chi connectivity index (χ1v) is 12.2. The van der Waals surface area contributed by atoms with Crippen LogP contribution in [-0.2, 0) is 23.6 Å². The highest BCUT2D eigenvalue weighted by molar-refractivity contribution is 14.0. The molecular formula is C19H36IN7O2S. The molecule has 30 heavy (non-hydrogen) atoms. The van der Waals surface area contributed by atoms with Gasteiger partial charge in [-0.3, -0.25) is 0 Å². The maximum atomic E-state index is 12.6. The van der Waals surface area contributed by atoms with E-state index in [2.05, 4.69) is 25.1 Å². The number of aromatic nitrogens is 3. The van der Waals surface area contributed by atoms with Crippen LogP contribution in [0.3, 0.4) is 0 Å². The van der Waals surface area contributed by atoms with Crippen LogP contribution in [0.25, 0.3) is 0 Å². The quantitative estimate of drug-likeness (QED) is 0.317. The summed E-state index contributed by atoms with van der Waals surface area (Å²) in [6, 6.07) is 0.301. The maximum absolute atomic E-state index is 12.6. The van der Waals surface area contributed by atoms with Crippen LogP contribution in [0.5, 0.6) is 0 Å². The third kappa shape index (κ3) is 6.52. The molecule has 1 aromatic rings. The zero-order valence-electron chi connectivity index (χ0n) is 18.5. The third-order valence-corrected chi connectivity index (χ3v) is 7.84. The Hall–Kier alpha value is -0.950. The largest absolute Gasteiger partial charge is 0.353 e. The van der Waals surface area contributed by atoms with Gasteiger partial charge >= 0.3 is 0 Å². The molecule has 3 rings (SSSR count). The lowest BCUT2D eigenvalue weighted by Crippen LogP contribution is -2.47. The highest BCUT2D eigenvalue weighted by Gasteiger charge is 2.35. The van der Waals surface area contributed by atoms with E-state index in [1.165, 1.54) is 19.3 Å². The van der Waals surface area contributed by atoms with Crippen molar-refractivity contribution in [2.75, 3.05) is 13.1 Å². The van der Waals surface area contributed by atoms with Crippen LogP contribution in [0.15, 0.2) is 4.99 Å². The fourth-order valence-corrected chi connectivity index (χ4v) is 5.64. The van der Waals surface area contributed by atoms with Crippen LogP contribution in [0.1, 0.15) is 64.0 Å². The summed E-state index contributed by atoms with van der Waals surface area (Å²) < 4.78 is 29.9. The van der Waals surface area contributed by atoms with Gasteiger partial charge in [-0.2, -0.15) is 0 Å². The van der Waals surface area contributed by atoms with Crippen LogP contribution in [0, 0.1) is 6.92 Å². The van der Waals surface area contributed by atoms with E-state index in [-0.39, 0.29) is 30.0 Å². The van der Waals surface area contributed by atoms with Gasteiger partial charge in [0.25, 0.3) is 0 Å². The van der Waals surface area contributed by atoms with Crippen molar-refractivity contribution in [2.24, 2.45) is 12.0 Å². The van der Waals surface area contributed by atoms with E-state index in [0.717, 1.165) is 30.5 Å². The molecule has 1 saturated carbocycles. The minimum absolute atomic E-state index is 0. The second kappa shape index (κ2) is 11.1. The van der Waals surface area contributed by atoms with E-state index >= 15 is 0 Å². The van der Waals surface area contributed by atoms with E-state index in [0.29, 0.717) is 32.1 Å². The summed E-state index contributed by atoms with van der Waals surface area (Å²) in [6.07, 6.45) is 6.61. The summed E-state index contributed by atoms with van der Waals surface area (Å²) >= 11 is 0. The molecule has 2 fully saturated rings. The third-order valence-electron chi connectivity index (χ3n) is 5.77. The van der Waals surface area contributed by atoms with E-state index in [9.17, 15) is 8.42 Å². The Morgan fingerprint density at radius 2 is 1.90 bits per heavy atom. The molecule has 0 aromatic carbocycles. The molecule has 1 saturated heterocycles. The average Bonchev–Trinajstić information content (AvgIpc) is 3.28. The Balaban J connectivity index is 0.00000320. The van der Waals surface area contributed by atoms with Gasteiger partial charge in [0.1, 0.15) is 12.4 Å². The number of rotatable bonds is 6. The number of hydrogen-bond acceptors (Lipinski definition) is 5. The summed E-state index contributed by atoms with van der Waals surface area (Å²) in [5.41, 5.74) is 0. The number of aryl methyl sites for hydroxylation is 1. The van der Waals surface area contributed by atoms with Crippen molar-refractivity contribution in [2.45, 2.75) is 83.2 Å². The molecule has 0 radical (unpaired) electrons. The molecule has 1 unspecified atom stereocenters. The summed E-state index contributed by atoms with van der Waals surface area (Å²) in [5, 5.41) is 11.5. The van der Waals surface area contributed by atoms with Gasteiger partial charge in [-0.05, 0) is 40.0 Å². The van der Waals surface area contributed by atoms with Crippen LogP contribution in [0.4, 0.5) is 0 Å². The summed E-state index contributed by atoms with van der Waals surface area (Å²) in [7, 11) is -1.40. The predicted octanol–water partition coefficient (Wildman–Crippen LogP) is 1.92. The van der Waals surface area contributed by atoms with Crippen molar-refractivity contribution in [3.05, 3.63) is 11.6 Å². The van der Waals surface area contributed by atoms with Crippen molar-refractivity contribution in [1.29, 1.82) is 0 Å². The van der Waals surface area contributed by atoms with Gasteiger partial charge in [-0.15, -0.1) is 34.2 Å². The minimum atomic E-state index is -3.33. The molecule has 1 aromatic heterocycles. The molecular weight excluding hydrogens is 517 g/mol. The standard InChI is InChI=1S/C19H35N7O2S.HI/c1-14(2)24-29(27,28)17-10-11-26(13-17)19(21-16-8-6-5-7-9-16)20-12-18-23-22-15(3)25(18)4;/h14,16-17,24H,5-13H2,1-4H3,(H,20,21);1H. The Morgan fingerprint density at radius 3 is 2.50 bits per heavy atom. The lowest BCUT2D eigenvalue weighted by molar-refractivity contribution is 0.389. The zero-order chi connectivity index (χ0) is 21.0. The number of likely N-dealkylation sites (tertiary alicyclic amines) is 1. The number of hydrogen-bond donors (Lipinski definition) is 2. The predicted molar refractivity (Wildman–Crippen MR) is 129 cm³/mol. The van der Waals surface area contributed by atoms with Crippen molar-refractivity contribution in [3.8, 4) is 0 Å². The first-order valence-electron chi connectivity index (χ1n) is 10.7. The topological polar surface area (TPSA) is 105 Å². The Labute approximate surface area is 197 Å². The number of guanidine groups is 1. The summed E-state index contributed by atoms with van der Waals surface area (Å²) in [5.74, 6) is 2.44. The summed E-state index contributed by atoms with van der Waals surface area (Å²) in [4.78, 5) is 6.90. The number of sulfonamides is 1. The Kier molecular flexibility index (Phi) is 9.34. The lowest BCUT2D eigenvalue weighted by Gasteiger charge is -2.29. The second-order valence-electron chi connectivity index (χ2n) is 8.52. The fourth-order valence-electron chi connectivity index (χ4n) is 4.00. The highest BCUT2D eigenvalue weighted by Crippen LogP contribution is 2.20. The second-order valence-corrected chi connectivity index (χ2v) is 10.5. The number of halogens is 1. The molecule has 1 aliphatic carbocycles. The molecule has 172 valence electrons. The van der Waals surface area contributed by atoms with Gasteiger partial charge in [0.2, 0.25) is 10.0 Å². The van der Waals surface area contributed by atoms with Gasteiger partial charge in [-0.25, -0.2) is 18.1 Å². The minimum Gasteiger partial charge on any atom is -0.353 e. The molecule has 0 spiro atoms. The molecule has 0 bridgehead atoms. The molecule has 1 atom stereocenters. The van der Waals surface area contributed by atoms with Crippen molar-refractivity contribution in [1.82, 2.24) is 29.7 Å². The van der Waals surface area contributed by atoms with E-state index < -0.39 is 15.3 Å². The van der Waals surface area contributed by atoms with Crippen molar-refractivity contribution < 1.29 is 8.42 Å². The van der Waals surface area contributed by atoms with Gasteiger partial charge < -0.3 is 14.8 Å². The van der Waals surface area contributed by atoms with Gasteiger partial charge in [0.05, 0.1) is 5.25 Å². The van der Waals surface area contributed by atoms with Gasteiger partial charge in [0, 0.05) is 32.2 Å². The number of nitrogens with one attached hydrogen (secondary N) is 2. The smallest absolute Gasteiger partial charge is 0.216 e. The monoisotopic (exact) mass is 553 g/mol. The van der Waals surface area contributed by atoms with Crippen LogP contribution in [0.2, 0.25) is 0 Å². The molecule has 1 aliphatic heterocycles. The molecule has 0 amide bonds. The first-order chi connectivity index (χ1) is 13.8. The van der Waals surface area contributed by atoms with Crippen molar-refractivity contribution >= 4 is 40.0 Å². The Morgan fingerprint density at radius 1 is 1.20 bits per heavy atom. The zero-order valence-corrected chi connectivity index (χ0v) is 21.6.